The summed E-state index contributed by atoms with van der Waals surface area (Å²) in [5.41, 5.74) is 6.69. The van der Waals surface area contributed by atoms with Gasteiger partial charge in [0.2, 0.25) is 0 Å². The Morgan fingerprint density at radius 1 is 0.679 bits per heavy atom. The van der Waals surface area contributed by atoms with E-state index in [2.05, 4.69) is 76.1 Å². The van der Waals surface area contributed by atoms with Gasteiger partial charge in [0.05, 0.1) is 11.9 Å². The third kappa shape index (κ3) is 50.0. The van der Waals surface area contributed by atoms with Gasteiger partial charge >= 0.3 is 34.1 Å². The van der Waals surface area contributed by atoms with E-state index in [0.29, 0.717) is 0 Å². The minimum Gasteiger partial charge on any atom is -0.543 e. The van der Waals surface area contributed by atoms with Crippen LogP contribution >= 0.6 is 0 Å². The Morgan fingerprint density at radius 3 is 1.07 bits per heavy atom. The second-order valence-electron chi connectivity index (χ2n) is 7.89. The van der Waals surface area contributed by atoms with Crippen LogP contribution in [0, 0.1) is 22.9 Å². The summed E-state index contributed by atoms with van der Waals surface area (Å²) in [4.78, 5) is 17.9. The summed E-state index contributed by atoms with van der Waals surface area (Å²) in [7, 11) is -2.14. The molecule has 0 saturated carbocycles. The zero-order valence-electron chi connectivity index (χ0n) is 18.5. The molecule has 0 N–H and O–H groups in total. The van der Waals surface area contributed by atoms with Crippen molar-refractivity contribution < 1.29 is 53.9 Å². The van der Waals surface area contributed by atoms with Crippen molar-refractivity contribution in [3.8, 4) is 22.9 Å². The Balaban J connectivity index is -0.0000000941. The first-order chi connectivity index (χ1) is 11.8. The third-order valence-electron chi connectivity index (χ3n) is 2.40. The number of unbranched alkanes of at least 4 members (excludes halogenated alkanes) is 4. The van der Waals surface area contributed by atoms with Gasteiger partial charge in [0.1, 0.15) is 16.1 Å². The molecule has 170 valence electrons. The molecular formula is C20H36Cu2O4Si2. The summed E-state index contributed by atoms with van der Waals surface area (Å²) < 4.78 is 0. The first-order valence-corrected chi connectivity index (χ1v) is 16.2. The van der Waals surface area contributed by atoms with Crippen LogP contribution < -0.4 is 10.2 Å². The van der Waals surface area contributed by atoms with Gasteiger partial charge in [0.15, 0.2) is 0 Å². The zero-order valence-corrected chi connectivity index (χ0v) is 22.4. The third-order valence-corrected chi connectivity index (χ3v) is 4.26. The predicted octanol–water partition coefficient (Wildman–Crippen LogP) is 2.60. The van der Waals surface area contributed by atoms with Gasteiger partial charge in [-0.25, -0.2) is 0 Å². The van der Waals surface area contributed by atoms with E-state index in [9.17, 15) is 0 Å². The summed E-state index contributed by atoms with van der Waals surface area (Å²) >= 11 is 0. The topological polar surface area (TPSA) is 80.3 Å². The molecular weight excluding hydrogens is 487 g/mol. The SMILES string of the molecule is CCCCC#C[Si](C)(C)C.CCCCC#C[Si](C)(C)C.O=C([O-])C(=O)[O-].[Cu+].[Cu+]. The quantitative estimate of drug-likeness (QED) is 0.246. The fourth-order valence-corrected chi connectivity index (χ4v) is 2.50. The first-order valence-electron chi connectivity index (χ1n) is 9.19. The molecule has 0 aromatic heterocycles. The molecule has 0 aromatic rings. The summed E-state index contributed by atoms with van der Waals surface area (Å²) in [5.74, 6) is 2.11. The number of aliphatic carboxylic acids is 2. The van der Waals surface area contributed by atoms with Gasteiger partial charge in [-0.05, 0) is 12.8 Å². The molecule has 0 heterocycles. The van der Waals surface area contributed by atoms with Crippen molar-refractivity contribution >= 4 is 28.1 Å². The molecule has 0 aliphatic carbocycles. The average molecular weight is 524 g/mol. The van der Waals surface area contributed by atoms with Crippen molar-refractivity contribution in [1.82, 2.24) is 0 Å². The van der Waals surface area contributed by atoms with Crippen LogP contribution in [0.25, 0.3) is 0 Å². The maximum atomic E-state index is 8.93. The molecule has 4 nitrogen and oxygen atoms in total. The van der Waals surface area contributed by atoms with Crippen LogP contribution in [0.5, 0.6) is 0 Å². The Hall–Kier alpha value is -0.467. The standard InChI is InChI=1S/2C9H18Si.C2H2O4.2Cu/c2*1-5-6-7-8-9-10(2,3)4;3-1(4)2(5)6;;/h2*5-7H2,1-4H3;(H,3,4)(H,5,6);;/q;;;2*+1/p-2. The number of carboxylic acids is 2. The van der Waals surface area contributed by atoms with Crippen molar-refractivity contribution in [3.05, 3.63) is 0 Å². The number of carboxylic acid groups (broad SMARTS) is 2. The van der Waals surface area contributed by atoms with E-state index in [1.807, 2.05) is 0 Å². The van der Waals surface area contributed by atoms with E-state index in [1.54, 1.807) is 0 Å². The van der Waals surface area contributed by atoms with Crippen LogP contribution in [0.3, 0.4) is 0 Å². The van der Waals surface area contributed by atoms with Gasteiger partial charge in [0.25, 0.3) is 0 Å². The minimum atomic E-state index is -2.19. The number of rotatable bonds is 4. The van der Waals surface area contributed by atoms with Crippen molar-refractivity contribution in [2.75, 3.05) is 0 Å². The van der Waals surface area contributed by atoms with Crippen LogP contribution in [-0.4, -0.2) is 28.1 Å². The van der Waals surface area contributed by atoms with E-state index in [1.165, 1.54) is 25.7 Å². The van der Waals surface area contributed by atoms with Gasteiger partial charge < -0.3 is 19.8 Å². The molecule has 0 aliphatic rings. The molecule has 0 atom stereocenters. The van der Waals surface area contributed by atoms with Crippen molar-refractivity contribution in [1.29, 1.82) is 0 Å². The van der Waals surface area contributed by atoms with Crippen LogP contribution in [0.4, 0.5) is 0 Å². The number of hydrogen-bond acceptors (Lipinski definition) is 4. The predicted molar refractivity (Wildman–Crippen MR) is 111 cm³/mol. The maximum Gasteiger partial charge on any atom is 1.00 e. The van der Waals surface area contributed by atoms with E-state index in [4.69, 9.17) is 19.8 Å². The fourth-order valence-electron chi connectivity index (χ4n) is 1.19. The van der Waals surface area contributed by atoms with Gasteiger partial charge in [-0.2, -0.15) is 0 Å². The second kappa shape index (κ2) is 22.8. The smallest absolute Gasteiger partial charge is 0.543 e. The zero-order chi connectivity index (χ0) is 21.2. The van der Waals surface area contributed by atoms with Crippen LogP contribution in [0.15, 0.2) is 0 Å². The van der Waals surface area contributed by atoms with Crippen LogP contribution in [0.2, 0.25) is 39.3 Å². The maximum absolute atomic E-state index is 8.93. The first kappa shape index (κ1) is 38.2. The summed E-state index contributed by atoms with van der Waals surface area (Å²) in [5, 5.41) is 17.9. The van der Waals surface area contributed by atoms with Crippen LogP contribution in [0.1, 0.15) is 52.4 Å². The second-order valence-corrected chi connectivity index (χ2v) is 17.4. The molecule has 28 heavy (non-hydrogen) atoms. The van der Waals surface area contributed by atoms with Gasteiger partial charge in [-0.15, -0.1) is 22.9 Å². The van der Waals surface area contributed by atoms with E-state index in [-0.39, 0.29) is 34.1 Å². The summed E-state index contributed by atoms with van der Waals surface area (Å²) in [6.07, 6.45) is 7.25. The molecule has 0 rings (SSSR count). The van der Waals surface area contributed by atoms with Crippen LogP contribution in [-0.2, 0) is 43.7 Å². The fraction of sp³-hybridized carbons (Fsp3) is 0.700. The molecule has 0 aromatic carbocycles. The molecule has 0 unspecified atom stereocenters. The number of hydrogen-bond donors (Lipinski definition) is 0. The molecule has 0 amide bonds. The Labute approximate surface area is 196 Å². The average Bonchev–Trinajstić information content (AvgIpc) is 2.47. The molecule has 0 saturated heterocycles. The Bertz CT molecular complexity index is 469. The number of carbonyl (C=O) groups is 2. The van der Waals surface area contributed by atoms with Gasteiger partial charge in [-0.1, -0.05) is 66.0 Å². The molecule has 0 bridgehead atoms. The van der Waals surface area contributed by atoms with Crippen molar-refractivity contribution in [2.24, 2.45) is 0 Å². The van der Waals surface area contributed by atoms with Crippen molar-refractivity contribution in [2.45, 2.75) is 91.7 Å². The van der Waals surface area contributed by atoms with Gasteiger partial charge in [0, 0.05) is 12.8 Å². The Morgan fingerprint density at radius 2 is 0.929 bits per heavy atom. The molecule has 0 spiro atoms. The monoisotopic (exact) mass is 522 g/mol. The summed E-state index contributed by atoms with van der Waals surface area (Å²) in [6.45, 7) is 18.1. The molecule has 0 fully saturated rings. The van der Waals surface area contributed by atoms with Crippen molar-refractivity contribution in [3.63, 3.8) is 0 Å². The largest absolute Gasteiger partial charge is 1.00 e. The normalized spacial score (nSPS) is 9.00. The Kier molecular flexibility index (Phi) is 31.1. The summed E-state index contributed by atoms with van der Waals surface area (Å²) in [6, 6.07) is 0. The van der Waals surface area contributed by atoms with Gasteiger partial charge in [-0.3, -0.25) is 0 Å². The van der Waals surface area contributed by atoms with E-state index in [0.717, 1.165) is 12.8 Å². The molecule has 0 aliphatic heterocycles. The van der Waals surface area contributed by atoms with E-state index >= 15 is 0 Å². The molecule has 0 radical (unpaired) electrons. The number of carbonyl (C=O) groups excluding carboxylic acids is 2. The molecule has 8 heteroatoms. The minimum absolute atomic E-state index is 0. The van der Waals surface area contributed by atoms with E-state index < -0.39 is 28.1 Å².